The van der Waals surface area contributed by atoms with Gasteiger partial charge in [0.1, 0.15) is 11.4 Å². The second kappa shape index (κ2) is 8.39. The second-order valence-electron chi connectivity index (χ2n) is 7.28. The van der Waals surface area contributed by atoms with E-state index >= 15 is 0 Å². The van der Waals surface area contributed by atoms with Crippen molar-refractivity contribution in [2.75, 3.05) is 31.1 Å². The number of aryl methyl sites for hydroxylation is 1. The lowest BCUT2D eigenvalue weighted by molar-refractivity contribution is -0.384. The van der Waals surface area contributed by atoms with Crippen molar-refractivity contribution in [2.24, 2.45) is 0 Å². The number of nitro groups is 1. The molecule has 0 aliphatic carbocycles. The molecule has 1 aliphatic heterocycles. The maximum absolute atomic E-state index is 12.2. The average molecular weight is 387 g/mol. The molecule has 1 aliphatic rings. The third-order valence-electron chi connectivity index (χ3n) is 4.63. The molecule has 9 nitrogen and oxygen atoms in total. The molecule has 28 heavy (non-hydrogen) atoms. The lowest BCUT2D eigenvalue weighted by Gasteiger charge is -2.35. The Kier molecular flexibility index (Phi) is 5.93. The Labute approximate surface area is 163 Å². The SMILES string of the molecule is Cc1cc(CN2CCN(c3ccc(C(=O)NC(C)C)cc3[N+](=O)[O-])CC2)no1. The zero-order valence-corrected chi connectivity index (χ0v) is 16.3. The van der Waals surface area contributed by atoms with Gasteiger partial charge in [0.15, 0.2) is 0 Å². The first-order chi connectivity index (χ1) is 13.3. The molecule has 0 unspecified atom stereocenters. The minimum atomic E-state index is -0.425. The summed E-state index contributed by atoms with van der Waals surface area (Å²) in [5.74, 6) is 0.475. The van der Waals surface area contributed by atoms with Gasteiger partial charge in [0.2, 0.25) is 0 Å². The van der Waals surface area contributed by atoms with Gasteiger partial charge in [-0.1, -0.05) is 5.16 Å². The molecule has 2 heterocycles. The highest BCUT2D eigenvalue weighted by molar-refractivity contribution is 5.96. The van der Waals surface area contributed by atoms with Gasteiger partial charge in [-0.25, -0.2) is 0 Å². The van der Waals surface area contributed by atoms with E-state index in [-0.39, 0.29) is 17.6 Å². The van der Waals surface area contributed by atoms with Crippen LogP contribution in [0, 0.1) is 17.0 Å². The summed E-state index contributed by atoms with van der Waals surface area (Å²) in [7, 11) is 0. The summed E-state index contributed by atoms with van der Waals surface area (Å²) in [5, 5.41) is 18.4. The lowest BCUT2D eigenvalue weighted by atomic mass is 10.1. The Balaban J connectivity index is 1.69. The number of nitrogens with zero attached hydrogens (tertiary/aromatic N) is 4. The fourth-order valence-electron chi connectivity index (χ4n) is 3.29. The molecular weight excluding hydrogens is 362 g/mol. The number of nitro benzene ring substituents is 1. The van der Waals surface area contributed by atoms with Crippen LogP contribution in [0.25, 0.3) is 0 Å². The summed E-state index contributed by atoms with van der Waals surface area (Å²) in [5.41, 5.74) is 1.68. The average Bonchev–Trinajstić information content (AvgIpc) is 3.06. The molecule has 2 aromatic rings. The van der Waals surface area contributed by atoms with Gasteiger partial charge in [0.05, 0.1) is 10.6 Å². The smallest absolute Gasteiger partial charge is 0.293 e. The van der Waals surface area contributed by atoms with E-state index in [1.807, 2.05) is 31.7 Å². The van der Waals surface area contributed by atoms with Gasteiger partial charge in [-0.05, 0) is 32.9 Å². The first-order valence-electron chi connectivity index (χ1n) is 9.32. The number of anilines is 1. The summed E-state index contributed by atoms with van der Waals surface area (Å²) in [6.07, 6.45) is 0. The van der Waals surface area contributed by atoms with E-state index in [9.17, 15) is 14.9 Å². The van der Waals surface area contributed by atoms with Gasteiger partial charge in [0, 0.05) is 56.5 Å². The summed E-state index contributed by atoms with van der Waals surface area (Å²) in [6, 6.07) is 6.55. The number of hydrogen-bond acceptors (Lipinski definition) is 7. The van der Waals surface area contributed by atoms with Crippen LogP contribution in [0.15, 0.2) is 28.8 Å². The van der Waals surface area contributed by atoms with Crippen LogP contribution in [0.5, 0.6) is 0 Å². The van der Waals surface area contributed by atoms with Crippen molar-refractivity contribution >= 4 is 17.3 Å². The van der Waals surface area contributed by atoms with Crippen molar-refractivity contribution in [2.45, 2.75) is 33.4 Å². The van der Waals surface area contributed by atoms with E-state index < -0.39 is 4.92 Å². The van der Waals surface area contributed by atoms with Gasteiger partial charge >= 0.3 is 0 Å². The largest absolute Gasteiger partial charge is 0.363 e. The molecule has 3 rings (SSSR count). The predicted molar refractivity (Wildman–Crippen MR) is 104 cm³/mol. The Hall–Kier alpha value is -2.94. The van der Waals surface area contributed by atoms with Crippen LogP contribution in [-0.2, 0) is 6.54 Å². The van der Waals surface area contributed by atoms with Crippen molar-refractivity contribution in [3.05, 3.63) is 51.4 Å². The highest BCUT2D eigenvalue weighted by atomic mass is 16.6. The summed E-state index contributed by atoms with van der Waals surface area (Å²) in [4.78, 5) is 27.6. The number of carbonyl (C=O) groups excluding carboxylic acids is 1. The molecule has 1 aromatic carbocycles. The van der Waals surface area contributed by atoms with E-state index in [2.05, 4.69) is 15.4 Å². The molecule has 9 heteroatoms. The van der Waals surface area contributed by atoms with Crippen molar-refractivity contribution in [1.29, 1.82) is 0 Å². The summed E-state index contributed by atoms with van der Waals surface area (Å²) in [6.45, 7) is 9.10. The molecule has 1 aromatic heterocycles. The zero-order chi connectivity index (χ0) is 20.3. The lowest BCUT2D eigenvalue weighted by Crippen LogP contribution is -2.46. The Morgan fingerprint density at radius 2 is 2.00 bits per heavy atom. The van der Waals surface area contributed by atoms with Crippen LogP contribution in [-0.4, -0.2) is 53.1 Å². The number of carbonyl (C=O) groups is 1. The highest BCUT2D eigenvalue weighted by Gasteiger charge is 2.25. The molecule has 1 N–H and O–H groups in total. The summed E-state index contributed by atoms with van der Waals surface area (Å²) < 4.78 is 5.10. The van der Waals surface area contributed by atoms with E-state index in [4.69, 9.17) is 4.52 Å². The molecule has 150 valence electrons. The first kappa shape index (κ1) is 19.8. The normalized spacial score (nSPS) is 15.1. The molecule has 1 saturated heterocycles. The predicted octanol–water partition coefficient (Wildman–Crippen LogP) is 2.35. The zero-order valence-electron chi connectivity index (χ0n) is 16.3. The van der Waals surface area contributed by atoms with Gasteiger partial charge in [-0.15, -0.1) is 0 Å². The second-order valence-corrected chi connectivity index (χ2v) is 7.28. The van der Waals surface area contributed by atoms with E-state index in [0.717, 1.165) is 24.5 Å². The Morgan fingerprint density at radius 1 is 1.29 bits per heavy atom. The quantitative estimate of drug-likeness (QED) is 0.599. The van der Waals surface area contributed by atoms with E-state index in [1.54, 1.807) is 12.1 Å². The maximum atomic E-state index is 12.2. The number of benzene rings is 1. The van der Waals surface area contributed by atoms with Crippen LogP contribution < -0.4 is 10.2 Å². The third-order valence-corrected chi connectivity index (χ3v) is 4.63. The Morgan fingerprint density at radius 3 is 2.57 bits per heavy atom. The summed E-state index contributed by atoms with van der Waals surface area (Å²) >= 11 is 0. The number of rotatable bonds is 6. The molecule has 0 spiro atoms. The molecule has 0 atom stereocenters. The minimum Gasteiger partial charge on any atom is -0.363 e. The van der Waals surface area contributed by atoms with E-state index in [0.29, 0.717) is 30.9 Å². The molecule has 1 amide bonds. The maximum Gasteiger partial charge on any atom is 0.293 e. The van der Waals surface area contributed by atoms with Crippen molar-refractivity contribution in [3.63, 3.8) is 0 Å². The number of aromatic nitrogens is 1. The molecular formula is C19H25N5O4. The van der Waals surface area contributed by atoms with Crippen LogP contribution in [0.4, 0.5) is 11.4 Å². The fraction of sp³-hybridized carbons (Fsp3) is 0.474. The monoisotopic (exact) mass is 387 g/mol. The standard InChI is InChI=1S/C19H25N5O4/c1-13(2)20-19(25)15-4-5-17(18(11-15)24(26)27)23-8-6-22(7-9-23)12-16-10-14(3)28-21-16/h4-5,10-11,13H,6-9,12H2,1-3H3,(H,20,25). The van der Waals surface area contributed by atoms with Crippen LogP contribution in [0.1, 0.15) is 35.7 Å². The fourth-order valence-corrected chi connectivity index (χ4v) is 3.29. The van der Waals surface area contributed by atoms with E-state index in [1.165, 1.54) is 6.07 Å². The first-order valence-corrected chi connectivity index (χ1v) is 9.32. The van der Waals surface area contributed by atoms with Crippen molar-refractivity contribution in [3.8, 4) is 0 Å². The van der Waals surface area contributed by atoms with Crippen molar-refractivity contribution in [1.82, 2.24) is 15.4 Å². The van der Waals surface area contributed by atoms with Crippen LogP contribution in [0.2, 0.25) is 0 Å². The van der Waals surface area contributed by atoms with Crippen molar-refractivity contribution < 1.29 is 14.2 Å². The molecule has 0 radical (unpaired) electrons. The molecule has 0 saturated carbocycles. The van der Waals surface area contributed by atoms with Gasteiger partial charge < -0.3 is 14.7 Å². The number of nitrogens with one attached hydrogen (secondary N) is 1. The molecule has 1 fully saturated rings. The Bertz CT molecular complexity index is 856. The molecule has 0 bridgehead atoms. The van der Waals surface area contributed by atoms with Gasteiger partial charge in [-0.2, -0.15) is 0 Å². The number of hydrogen-bond donors (Lipinski definition) is 1. The number of piperazine rings is 1. The highest BCUT2D eigenvalue weighted by Crippen LogP contribution is 2.30. The minimum absolute atomic E-state index is 0.0344. The number of amides is 1. The third kappa shape index (κ3) is 4.66. The van der Waals surface area contributed by atoms with Gasteiger partial charge in [-0.3, -0.25) is 19.8 Å². The van der Waals surface area contributed by atoms with Crippen LogP contribution >= 0.6 is 0 Å². The topological polar surface area (TPSA) is 105 Å². The van der Waals surface area contributed by atoms with Crippen LogP contribution in [0.3, 0.4) is 0 Å². The van der Waals surface area contributed by atoms with Gasteiger partial charge in [0.25, 0.3) is 11.6 Å².